The Morgan fingerprint density at radius 3 is 2.19 bits per heavy atom. The summed E-state index contributed by atoms with van der Waals surface area (Å²) in [5.74, 6) is 0. The quantitative estimate of drug-likeness (QED) is 0.672. The Morgan fingerprint density at radius 1 is 1.00 bits per heavy atom. The molecule has 1 aromatic carbocycles. The summed E-state index contributed by atoms with van der Waals surface area (Å²) in [7, 11) is 11.5. The SMILES string of the molecule is [Cl][Os]([Cl])=[N]c1ccc(N2CCCCC2)cc1. The fraction of sp³-hybridized carbons (Fsp3) is 0.455. The molecule has 0 amide bonds. The van der Waals surface area contributed by atoms with Crippen LogP contribution in [0.25, 0.3) is 0 Å². The molecule has 1 heterocycles. The first kappa shape index (κ1) is 12.5. The average Bonchev–Trinajstić information content (AvgIpc) is 2.30. The maximum absolute atomic E-state index is 5.77. The van der Waals surface area contributed by atoms with E-state index < -0.39 is 14.0 Å². The van der Waals surface area contributed by atoms with E-state index in [0.717, 1.165) is 5.69 Å². The average molecular weight is 435 g/mol. The number of piperidine rings is 1. The van der Waals surface area contributed by atoms with Crippen molar-refractivity contribution in [3.8, 4) is 0 Å². The Bertz CT molecular complexity index is 368. The first-order valence-corrected chi connectivity index (χ1v) is 12.8. The summed E-state index contributed by atoms with van der Waals surface area (Å²) in [6.07, 6.45) is 3.95. The molecule has 16 heavy (non-hydrogen) atoms. The number of benzene rings is 1. The molecule has 0 radical (unpaired) electrons. The summed E-state index contributed by atoms with van der Waals surface area (Å²) in [6, 6.07) is 8.23. The molecule has 1 fully saturated rings. The van der Waals surface area contributed by atoms with E-state index in [9.17, 15) is 0 Å². The number of nitrogens with zero attached hydrogens (tertiary/aromatic N) is 2. The zero-order valence-electron chi connectivity index (χ0n) is 8.85. The fourth-order valence-electron chi connectivity index (χ4n) is 1.94. The molecule has 0 N–H and O–H groups in total. The van der Waals surface area contributed by atoms with Crippen LogP contribution in [0.3, 0.4) is 0 Å². The molecule has 2 rings (SSSR count). The Hall–Kier alpha value is 0.0364. The Kier molecular flexibility index (Phi) is 4.76. The number of hydrogen-bond acceptors (Lipinski definition) is 2. The van der Waals surface area contributed by atoms with Crippen LogP contribution in [-0.2, 0) is 14.0 Å². The van der Waals surface area contributed by atoms with Gasteiger partial charge in [-0.1, -0.05) is 0 Å². The number of halogens is 2. The predicted octanol–water partition coefficient (Wildman–Crippen LogP) is 4.42. The number of hydrogen-bond donors (Lipinski definition) is 0. The van der Waals surface area contributed by atoms with Gasteiger partial charge in [-0.25, -0.2) is 0 Å². The molecule has 0 unspecified atom stereocenters. The van der Waals surface area contributed by atoms with Crippen molar-refractivity contribution in [1.29, 1.82) is 0 Å². The third kappa shape index (κ3) is 3.52. The van der Waals surface area contributed by atoms with Crippen LogP contribution in [0, 0.1) is 0 Å². The zero-order valence-corrected chi connectivity index (χ0v) is 12.9. The summed E-state index contributed by atoms with van der Waals surface area (Å²) in [5.41, 5.74) is 2.19. The molecule has 5 heteroatoms. The number of anilines is 1. The van der Waals surface area contributed by atoms with Crippen molar-refractivity contribution in [2.45, 2.75) is 19.3 Å². The molecule has 0 bridgehead atoms. The van der Waals surface area contributed by atoms with E-state index in [1.54, 1.807) is 0 Å². The summed E-state index contributed by atoms with van der Waals surface area (Å²) in [5, 5.41) is 0. The number of rotatable bonds is 2. The van der Waals surface area contributed by atoms with E-state index in [4.69, 9.17) is 19.3 Å². The topological polar surface area (TPSA) is 15.6 Å². The van der Waals surface area contributed by atoms with Crippen LogP contribution in [0.15, 0.2) is 27.9 Å². The van der Waals surface area contributed by atoms with Gasteiger partial charge in [0.1, 0.15) is 0 Å². The first-order valence-electron chi connectivity index (χ1n) is 5.33. The molecule has 0 spiro atoms. The molecule has 90 valence electrons. The molecule has 0 saturated carbocycles. The van der Waals surface area contributed by atoms with E-state index in [1.807, 2.05) is 12.1 Å². The second-order valence-corrected chi connectivity index (χ2v) is 10.9. The van der Waals surface area contributed by atoms with Crippen LogP contribution in [0.2, 0.25) is 0 Å². The van der Waals surface area contributed by atoms with Gasteiger partial charge in [0.25, 0.3) is 0 Å². The first-order chi connectivity index (χ1) is 7.75. The maximum atomic E-state index is 5.77. The van der Waals surface area contributed by atoms with Crippen molar-refractivity contribution in [3.05, 3.63) is 24.3 Å². The van der Waals surface area contributed by atoms with Crippen molar-refractivity contribution in [2.75, 3.05) is 18.0 Å². The zero-order chi connectivity index (χ0) is 11.4. The summed E-state index contributed by atoms with van der Waals surface area (Å²) >= 11 is -2.21. The van der Waals surface area contributed by atoms with Gasteiger partial charge >= 0.3 is 110 Å². The van der Waals surface area contributed by atoms with E-state index >= 15 is 0 Å². The van der Waals surface area contributed by atoms with Gasteiger partial charge in [-0.3, -0.25) is 0 Å². The van der Waals surface area contributed by atoms with Crippen molar-refractivity contribution in [3.63, 3.8) is 0 Å². The summed E-state index contributed by atoms with van der Waals surface area (Å²) in [6.45, 7) is 2.34. The van der Waals surface area contributed by atoms with Crippen LogP contribution >= 0.6 is 19.3 Å². The van der Waals surface area contributed by atoms with Crippen LogP contribution < -0.4 is 4.90 Å². The molecule has 2 nitrogen and oxygen atoms in total. The van der Waals surface area contributed by atoms with Crippen LogP contribution in [0.4, 0.5) is 11.4 Å². The van der Waals surface area contributed by atoms with Crippen molar-refractivity contribution < 1.29 is 14.0 Å². The normalized spacial score (nSPS) is 17.1. The fourth-order valence-corrected chi connectivity index (χ4v) is 3.94. The molecule has 1 saturated heterocycles. The van der Waals surface area contributed by atoms with Gasteiger partial charge in [0.05, 0.1) is 0 Å². The third-order valence-electron chi connectivity index (χ3n) is 2.72. The molecular formula is C11H14Cl2N2Os. The Balaban J connectivity index is 2.09. The van der Waals surface area contributed by atoms with Gasteiger partial charge in [0.2, 0.25) is 0 Å². The van der Waals surface area contributed by atoms with Gasteiger partial charge in [-0.2, -0.15) is 0 Å². The van der Waals surface area contributed by atoms with Crippen molar-refractivity contribution in [2.24, 2.45) is 3.65 Å². The van der Waals surface area contributed by atoms with Gasteiger partial charge in [0.15, 0.2) is 0 Å². The van der Waals surface area contributed by atoms with Gasteiger partial charge in [0, 0.05) is 0 Å². The van der Waals surface area contributed by atoms with Crippen molar-refractivity contribution >= 4 is 30.6 Å². The standard InChI is InChI=1S/C11H14N2.2ClH.Os/c12-10-4-6-11(7-5-10)13-8-2-1-3-9-13;;;/h4-7H,1-3,8-9H2;2*1H;/q;;;+2/p-2. The second kappa shape index (κ2) is 6.10. The molecule has 0 atom stereocenters. The monoisotopic (exact) mass is 436 g/mol. The third-order valence-corrected chi connectivity index (χ3v) is 4.79. The molecule has 0 aliphatic carbocycles. The molecule has 0 aromatic heterocycles. The van der Waals surface area contributed by atoms with Crippen LogP contribution in [0.1, 0.15) is 19.3 Å². The van der Waals surface area contributed by atoms with Gasteiger partial charge < -0.3 is 0 Å². The summed E-state index contributed by atoms with van der Waals surface area (Å²) in [4.78, 5) is 2.42. The Morgan fingerprint density at radius 2 is 1.62 bits per heavy atom. The van der Waals surface area contributed by atoms with Gasteiger partial charge in [-0.15, -0.1) is 0 Å². The van der Waals surface area contributed by atoms with Gasteiger partial charge in [-0.05, 0) is 0 Å². The second-order valence-electron chi connectivity index (χ2n) is 3.81. The summed E-state index contributed by atoms with van der Waals surface area (Å²) < 4.78 is 4.23. The molecule has 1 aliphatic rings. The predicted molar refractivity (Wildman–Crippen MR) is 66.3 cm³/mol. The molecule has 1 aliphatic heterocycles. The van der Waals surface area contributed by atoms with E-state index in [1.165, 1.54) is 38.0 Å². The van der Waals surface area contributed by atoms with Crippen LogP contribution in [-0.4, -0.2) is 13.1 Å². The van der Waals surface area contributed by atoms with E-state index in [-0.39, 0.29) is 0 Å². The molecular weight excluding hydrogens is 421 g/mol. The van der Waals surface area contributed by atoms with E-state index in [0.29, 0.717) is 0 Å². The minimum absolute atomic E-state index is 0.908. The van der Waals surface area contributed by atoms with E-state index in [2.05, 4.69) is 20.7 Å². The minimum atomic E-state index is -2.21. The molecule has 1 aromatic rings. The Labute approximate surface area is 109 Å². The van der Waals surface area contributed by atoms with Crippen LogP contribution in [0.5, 0.6) is 0 Å². The van der Waals surface area contributed by atoms with Crippen molar-refractivity contribution in [1.82, 2.24) is 0 Å².